The lowest BCUT2D eigenvalue weighted by atomic mass is 10.2. The molecule has 2 aromatic heterocycles. The van der Waals surface area contributed by atoms with Gasteiger partial charge in [-0.1, -0.05) is 12.1 Å². The maximum Gasteiger partial charge on any atom is 0.422 e. The Hall–Kier alpha value is -3.43. The molecule has 26 heavy (non-hydrogen) atoms. The van der Waals surface area contributed by atoms with E-state index in [1.165, 1.54) is 6.07 Å². The van der Waals surface area contributed by atoms with Crippen molar-refractivity contribution in [2.75, 3.05) is 12.0 Å². The summed E-state index contributed by atoms with van der Waals surface area (Å²) in [4.78, 5) is 32.2. The molecule has 7 nitrogen and oxygen atoms in total. The van der Waals surface area contributed by atoms with E-state index >= 15 is 0 Å². The van der Waals surface area contributed by atoms with Crippen molar-refractivity contribution >= 4 is 16.8 Å². The molecule has 3 rings (SSSR count). The first-order valence-corrected chi connectivity index (χ1v) is 7.27. The lowest BCUT2D eigenvalue weighted by Gasteiger charge is -2.10. The molecular formula is C16H11F3N4O3. The van der Waals surface area contributed by atoms with E-state index in [9.17, 15) is 22.8 Å². The molecule has 1 N–H and O–H groups in total. The summed E-state index contributed by atoms with van der Waals surface area (Å²) in [6, 6.07) is 8.98. The van der Waals surface area contributed by atoms with Gasteiger partial charge in [-0.15, -0.1) is 0 Å². The molecule has 2 heterocycles. The van der Waals surface area contributed by atoms with Crippen molar-refractivity contribution in [3.8, 4) is 5.88 Å². The van der Waals surface area contributed by atoms with Crippen molar-refractivity contribution in [3.63, 3.8) is 0 Å². The molecule has 1 amide bonds. The van der Waals surface area contributed by atoms with E-state index in [0.717, 1.165) is 23.3 Å². The summed E-state index contributed by atoms with van der Waals surface area (Å²) in [5, 5.41) is 0.323. The van der Waals surface area contributed by atoms with E-state index < -0.39 is 24.2 Å². The largest absolute Gasteiger partial charge is 0.468 e. The van der Waals surface area contributed by atoms with Crippen LogP contribution in [0, 0.1) is 0 Å². The number of alkyl halides is 3. The van der Waals surface area contributed by atoms with Crippen LogP contribution >= 0.6 is 0 Å². The number of benzene rings is 1. The summed E-state index contributed by atoms with van der Waals surface area (Å²) in [6.45, 7) is -1.48. The Bertz CT molecular complexity index is 1000. The Labute approximate surface area is 144 Å². The van der Waals surface area contributed by atoms with Crippen LogP contribution < -0.4 is 15.7 Å². The van der Waals surface area contributed by atoms with Gasteiger partial charge in [-0.3, -0.25) is 15.0 Å². The molecule has 0 unspecified atom stereocenters. The molecule has 0 aliphatic heterocycles. The molecular weight excluding hydrogens is 353 g/mol. The van der Waals surface area contributed by atoms with Crippen LogP contribution in [0.1, 0.15) is 10.4 Å². The lowest BCUT2D eigenvalue weighted by molar-refractivity contribution is -0.154. The van der Waals surface area contributed by atoms with Gasteiger partial charge in [-0.05, 0) is 18.2 Å². The average molecular weight is 364 g/mol. The summed E-state index contributed by atoms with van der Waals surface area (Å²) in [6.07, 6.45) is -2.28. The van der Waals surface area contributed by atoms with Crippen LogP contribution in [0.15, 0.2) is 53.7 Å². The zero-order chi connectivity index (χ0) is 18.7. The van der Waals surface area contributed by atoms with Gasteiger partial charge in [0.25, 0.3) is 11.5 Å². The molecule has 0 spiro atoms. The number of ether oxygens (including phenoxy) is 1. The number of hydrogen-bond donors (Lipinski definition) is 1. The highest BCUT2D eigenvalue weighted by atomic mass is 19.4. The van der Waals surface area contributed by atoms with Gasteiger partial charge in [0.15, 0.2) is 6.61 Å². The fraction of sp³-hybridized carbons (Fsp3) is 0.125. The molecule has 134 valence electrons. The smallest absolute Gasteiger partial charge is 0.422 e. The normalized spacial score (nSPS) is 11.3. The van der Waals surface area contributed by atoms with Crippen molar-refractivity contribution in [3.05, 3.63) is 64.8 Å². The highest BCUT2D eigenvalue weighted by Gasteiger charge is 2.28. The van der Waals surface area contributed by atoms with E-state index in [1.807, 2.05) is 0 Å². The summed E-state index contributed by atoms with van der Waals surface area (Å²) in [7, 11) is 0. The minimum absolute atomic E-state index is 0.0319. The Morgan fingerprint density at radius 1 is 1.15 bits per heavy atom. The number of fused-ring (bicyclic) bond motifs is 1. The van der Waals surface area contributed by atoms with E-state index in [2.05, 4.69) is 20.1 Å². The highest BCUT2D eigenvalue weighted by molar-refractivity contribution is 5.99. The quantitative estimate of drug-likeness (QED) is 0.766. The third-order valence-electron chi connectivity index (χ3n) is 3.27. The average Bonchev–Trinajstić information content (AvgIpc) is 2.62. The second-order valence-electron chi connectivity index (χ2n) is 5.17. The van der Waals surface area contributed by atoms with Crippen LogP contribution in [0.3, 0.4) is 0 Å². The molecule has 1 aromatic carbocycles. The van der Waals surface area contributed by atoms with Gasteiger partial charge in [-0.2, -0.15) is 13.2 Å². The summed E-state index contributed by atoms with van der Waals surface area (Å²) in [5.74, 6) is -0.956. The Balaban J connectivity index is 1.74. The Morgan fingerprint density at radius 3 is 2.62 bits per heavy atom. The molecule has 0 atom stereocenters. The Kier molecular flexibility index (Phi) is 4.57. The monoisotopic (exact) mass is 364 g/mol. The fourth-order valence-corrected chi connectivity index (χ4v) is 2.08. The molecule has 0 aliphatic rings. The van der Waals surface area contributed by atoms with Crippen molar-refractivity contribution in [1.29, 1.82) is 0 Å². The van der Waals surface area contributed by atoms with Crippen LogP contribution in [-0.2, 0) is 0 Å². The number of carbonyl (C=O) groups is 1. The molecule has 0 saturated carbocycles. The summed E-state index contributed by atoms with van der Waals surface area (Å²) < 4.78 is 41.6. The van der Waals surface area contributed by atoms with Crippen molar-refractivity contribution in [2.45, 2.75) is 6.18 Å². The summed E-state index contributed by atoms with van der Waals surface area (Å²) >= 11 is 0. The first-order valence-electron chi connectivity index (χ1n) is 7.27. The number of hydrogen-bond acceptors (Lipinski definition) is 5. The van der Waals surface area contributed by atoms with Gasteiger partial charge >= 0.3 is 6.18 Å². The molecule has 10 heteroatoms. The maximum atomic E-state index is 12.3. The fourth-order valence-electron chi connectivity index (χ4n) is 2.08. The van der Waals surface area contributed by atoms with Crippen LogP contribution in [0.5, 0.6) is 5.88 Å². The predicted octanol–water partition coefficient (Wildman–Crippen LogP) is 2.12. The number of para-hydroxylation sites is 1. The maximum absolute atomic E-state index is 12.3. The molecule has 0 radical (unpaired) electrons. The SMILES string of the molecule is O=C(Nn1cnc2ccccc2c1=O)c1ccc(OCC(F)(F)F)nc1. The van der Waals surface area contributed by atoms with Crippen molar-refractivity contribution in [1.82, 2.24) is 14.6 Å². The highest BCUT2D eigenvalue weighted by Crippen LogP contribution is 2.17. The van der Waals surface area contributed by atoms with Crippen LogP contribution in [-0.4, -0.2) is 33.3 Å². The zero-order valence-electron chi connectivity index (χ0n) is 13.0. The van der Waals surface area contributed by atoms with Gasteiger partial charge in [0, 0.05) is 12.3 Å². The number of carbonyl (C=O) groups excluding carboxylic acids is 1. The van der Waals surface area contributed by atoms with Gasteiger partial charge < -0.3 is 4.74 Å². The van der Waals surface area contributed by atoms with Crippen LogP contribution in [0.2, 0.25) is 0 Å². The second-order valence-corrected chi connectivity index (χ2v) is 5.17. The van der Waals surface area contributed by atoms with Crippen LogP contribution in [0.4, 0.5) is 13.2 Å². The number of rotatable bonds is 4. The van der Waals surface area contributed by atoms with E-state index in [0.29, 0.717) is 10.9 Å². The summed E-state index contributed by atoms with van der Waals surface area (Å²) in [5.41, 5.74) is 2.38. The number of amides is 1. The van der Waals surface area contributed by atoms with Gasteiger partial charge in [0.2, 0.25) is 5.88 Å². The van der Waals surface area contributed by atoms with Crippen molar-refractivity contribution in [2.24, 2.45) is 0 Å². The van der Waals surface area contributed by atoms with Crippen molar-refractivity contribution < 1.29 is 22.7 Å². The lowest BCUT2D eigenvalue weighted by Crippen LogP contribution is -2.33. The van der Waals surface area contributed by atoms with Crippen LogP contribution in [0.25, 0.3) is 10.9 Å². The molecule has 0 saturated heterocycles. The second kappa shape index (κ2) is 6.82. The molecule has 0 fully saturated rings. The number of pyridine rings is 1. The topological polar surface area (TPSA) is 86.1 Å². The van der Waals surface area contributed by atoms with Gasteiger partial charge in [0.1, 0.15) is 6.33 Å². The zero-order valence-corrected chi connectivity index (χ0v) is 13.0. The van der Waals surface area contributed by atoms with Gasteiger partial charge in [0.05, 0.1) is 16.5 Å². The van der Waals surface area contributed by atoms with E-state index in [-0.39, 0.29) is 11.4 Å². The number of halogens is 3. The minimum Gasteiger partial charge on any atom is -0.468 e. The minimum atomic E-state index is -4.48. The molecule has 0 aliphatic carbocycles. The molecule has 0 bridgehead atoms. The van der Waals surface area contributed by atoms with E-state index in [4.69, 9.17) is 0 Å². The van der Waals surface area contributed by atoms with Gasteiger partial charge in [-0.25, -0.2) is 14.6 Å². The predicted molar refractivity (Wildman–Crippen MR) is 85.5 cm³/mol. The number of aromatic nitrogens is 3. The Morgan fingerprint density at radius 2 is 1.92 bits per heavy atom. The standard InChI is InChI=1S/C16H11F3N4O3/c17-16(18,19)8-26-13-6-5-10(7-20-13)14(24)22-23-9-21-12-4-2-1-3-11(12)15(23)25/h1-7,9H,8H2,(H,22,24). The first-order chi connectivity index (χ1) is 12.3. The third-order valence-corrected chi connectivity index (χ3v) is 3.27. The van der Waals surface area contributed by atoms with E-state index in [1.54, 1.807) is 24.3 Å². The first kappa shape index (κ1) is 17.4. The molecule has 3 aromatic rings. The number of nitrogens with one attached hydrogen (secondary N) is 1. The third kappa shape index (κ3) is 3.97. The number of nitrogens with zero attached hydrogens (tertiary/aromatic N) is 3.